The van der Waals surface area contributed by atoms with Crippen LogP contribution in [0.2, 0.25) is 0 Å². The molecule has 1 amide bonds. The van der Waals surface area contributed by atoms with E-state index in [9.17, 15) is 4.79 Å². The molecule has 0 aromatic heterocycles. The van der Waals surface area contributed by atoms with Gasteiger partial charge in [-0.05, 0) is 18.8 Å². The Morgan fingerprint density at radius 2 is 2.08 bits per heavy atom. The molecule has 72 valence electrons. The van der Waals surface area contributed by atoms with Crippen molar-refractivity contribution >= 4 is 5.91 Å². The molecule has 0 bridgehead atoms. The molecule has 0 fully saturated rings. The van der Waals surface area contributed by atoms with E-state index in [0.29, 0.717) is 12.3 Å². The Labute approximate surface area is 130 Å². The Hall–Kier alpha value is 1.24. The summed E-state index contributed by atoms with van der Waals surface area (Å²) in [5.74, 6) is 0.715. The van der Waals surface area contributed by atoms with Crippen molar-refractivity contribution in [2.24, 2.45) is 5.92 Å². The van der Waals surface area contributed by atoms with E-state index in [0.717, 1.165) is 19.4 Å². The van der Waals surface area contributed by atoms with Crippen LogP contribution in [0.5, 0.6) is 0 Å². The molecule has 4 heteroatoms. The van der Waals surface area contributed by atoms with E-state index in [1.807, 2.05) is 0 Å². The van der Waals surface area contributed by atoms with Crippen LogP contribution in [0, 0.1) is 5.92 Å². The first kappa shape index (κ1) is 16.7. The van der Waals surface area contributed by atoms with E-state index in [1.165, 1.54) is 0 Å². The number of nitrogens with one attached hydrogen (secondary N) is 2. The van der Waals surface area contributed by atoms with Gasteiger partial charge in [0.2, 0.25) is 5.91 Å². The average molecular weight is 257 g/mol. The third kappa shape index (κ3) is 13.2. The summed E-state index contributed by atoms with van der Waals surface area (Å²) in [7, 11) is 0. The second kappa shape index (κ2) is 11.3. The maximum Gasteiger partial charge on any atom is 1.00 e. The summed E-state index contributed by atoms with van der Waals surface area (Å²) >= 11 is 0. The largest absolute Gasteiger partial charge is 1.00 e. The first-order valence-electron chi connectivity index (χ1n) is 4.58. The van der Waals surface area contributed by atoms with E-state index in [4.69, 9.17) is 5.73 Å². The molecule has 0 aromatic carbocycles. The van der Waals surface area contributed by atoms with E-state index < -0.39 is 0 Å². The fourth-order valence-electron chi connectivity index (χ4n) is 0.940. The molecule has 0 rings (SSSR count). The van der Waals surface area contributed by atoms with Crippen molar-refractivity contribution in [3.05, 3.63) is 5.73 Å². The number of hydrogen-bond donors (Lipinski definition) is 1. The van der Waals surface area contributed by atoms with Crippen molar-refractivity contribution < 1.29 is 63.0 Å². The zero-order valence-electron chi connectivity index (χ0n) is 9.02. The van der Waals surface area contributed by atoms with Crippen LogP contribution in [0.1, 0.15) is 33.1 Å². The van der Waals surface area contributed by atoms with Crippen LogP contribution in [-0.4, -0.2) is 19.0 Å². The van der Waals surface area contributed by atoms with Gasteiger partial charge in [-0.25, -0.2) is 0 Å². The summed E-state index contributed by atoms with van der Waals surface area (Å²) < 4.78 is 0. The van der Waals surface area contributed by atoms with Gasteiger partial charge in [0.05, 0.1) is 0 Å². The molecule has 0 saturated carbocycles. The quantitative estimate of drug-likeness (QED) is 0.608. The summed E-state index contributed by atoms with van der Waals surface area (Å²) in [6, 6.07) is 0. The molecular formula is C9H19N2ORb. The molecule has 0 unspecified atom stereocenters. The van der Waals surface area contributed by atoms with Crippen LogP contribution in [-0.2, 0) is 4.79 Å². The van der Waals surface area contributed by atoms with Crippen molar-refractivity contribution in [2.45, 2.75) is 33.1 Å². The van der Waals surface area contributed by atoms with Crippen LogP contribution in [0.4, 0.5) is 0 Å². The fraction of sp³-hybridized carbons (Fsp3) is 0.889. The first-order chi connectivity index (χ1) is 5.66. The summed E-state index contributed by atoms with van der Waals surface area (Å²) in [4.78, 5) is 10.9. The summed E-state index contributed by atoms with van der Waals surface area (Å²) in [6.07, 6.45) is 2.53. The second-order valence-electron chi connectivity index (χ2n) is 3.39. The van der Waals surface area contributed by atoms with Crippen LogP contribution in [0.3, 0.4) is 0 Å². The minimum atomic E-state index is 0. The zero-order chi connectivity index (χ0) is 9.40. The van der Waals surface area contributed by atoms with Crippen molar-refractivity contribution in [3.8, 4) is 0 Å². The Balaban J connectivity index is 0. The van der Waals surface area contributed by atoms with Gasteiger partial charge in [0, 0.05) is 13.0 Å². The molecule has 3 nitrogen and oxygen atoms in total. The second-order valence-corrected chi connectivity index (χ2v) is 3.39. The van der Waals surface area contributed by atoms with Gasteiger partial charge in [-0.15, -0.1) is 6.54 Å². The predicted octanol–water partition coefficient (Wildman–Crippen LogP) is -1.01. The number of amides is 1. The number of carbonyl (C=O) groups is 1. The predicted molar refractivity (Wildman–Crippen MR) is 50.9 cm³/mol. The topological polar surface area (TPSA) is 52.9 Å². The van der Waals surface area contributed by atoms with Crippen LogP contribution in [0.25, 0.3) is 5.73 Å². The van der Waals surface area contributed by atoms with E-state index in [1.54, 1.807) is 0 Å². The maximum absolute atomic E-state index is 10.9. The third-order valence-corrected chi connectivity index (χ3v) is 1.63. The van der Waals surface area contributed by atoms with Crippen molar-refractivity contribution in [1.29, 1.82) is 0 Å². The minimum absolute atomic E-state index is 0. The van der Waals surface area contributed by atoms with Crippen molar-refractivity contribution in [3.63, 3.8) is 0 Å². The molecule has 0 heterocycles. The van der Waals surface area contributed by atoms with Crippen molar-refractivity contribution in [2.75, 3.05) is 13.1 Å². The van der Waals surface area contributed by atoms with Gasteiger partial charge < -0.3 is 11.1 Å². The van der Waals surface area contributed by atoms with Gasteiger partial charge in [0.25, 0.3) is 0 Å². The van der Waals surface area contributed by atoms with Gasteiger partial charge in [-0.1, -0.05) is 13.8 Å². The molecule has 0 aliphatic heterocycles. The number of carbonyl (C=O) groups excluding carboxylic acids is 1. The van der Waals surface area contributed by atoms with Crippen LogP contribution >= 0.6 is 0 Å². The molecular weight excluding hydrogens is 238 g/mol. The van der Waals surface area contributed by atoms with Crippen molar-refractivity contribution in [1.82, 2.24) is 5.32 Å². The van der Waals surface area contributed by atoms with Crippen LogP contribution < -0.4 is 63.5 Å². The van der Waals surface area contributed by atoms with Gasteiger partial charge in [-0.2, -0.15) is 0 Å². The summed E-state index contributed by atoms with van der Waals surface area (Å²) in [6.45, 7) is 5.30. The molecule has 0 saturated heterocycles. The van der Waals surface area contributed by atoms with Gasteiger partial charge in [0.15, 0.2) is 0 Å². The molecule has 0 spiro atoms. The molecule has 0 aliphatic carbocycles. The summed E-state index contributed by atoms with van der Waals surface area (Å²) in [5, 5.41) is 2.78. The van der Waals surface area contributed by atoms with Crippen LogP contribution in [0.15, 0.2) is 0 Å². The summed E-state index contributed by atoms with van der Waals surface area (Å²) in [5.41, 5.74) is 6.82. The van der Waals surface area contributed by atoms with Gasteiger partial charge in [0.1, 0.15) is 0 Å². The molecule has 0 radical (unpaired) electrons. The zero-order valence-corrected chi connectivity index (χ0v) is 13.9. The van der Waals surface area contributed by atoms with E-state index in [2.05, 4.69) is 19.2 Å². The molecule has 0 atom stereocenters. The Morgan fingerprint density at radius 3 is 2.54 bits per heavy atom. The average Bonchev–Trinajstić information content (AvgIpc) is 1.98. The molecule has 2 N–H and O–H groups in total. The normalized spacial score (nSPS) is 9.54. The Morgan fingerprint density at radius 1 is 1.46 bits per heavy atom. The van der Waals surface area contributed by atoms with E-state index >= 15 is 0 Å². The maximum atomic E-state index is 10.9. The third-order valence-electron chi connectivity index (χ3n) is 1.63. The monoisotopic (exact) mass is 256 g/mol. The standard InChI is InChI=1S/C9H19N2O.Rb/c1-8(2)4-3-7-11-9(12)5-6-10;/h8,10H,3-7H2,1-2H3,(H,11,12);/q-1;+1. The number of rotatable bonds is 6. The molecule has 13 heavy (non-hydrogen) atoms. The minimum Gasteiger partial charge on any atom is -0.677 e. The Bertz CT molecular complexity index is 129. The van der Waals surface area contributed by atoms with E-state index in [-0.39, 0.29) is 70.6 Å². The first-order valence-corrected chi connectivity index (χ1v) is 4.58. The SMILES string of the molecule is CC(C)CCCNC(=O)CC[NH-].[Rb+]. The molecule has 0 aliphatic rings. The van der Waals surface area contributed by atoms with Gasteiger partial charge >= 0.3 is 58.2 Å². The number of hydrogen-bond acceptors (Lipinski definition) is 1. The molecule has 0 aromatic rings. The fourth-order valence-corrected chi connectivity index (χ4v) is 0.940. The van der Waals surface area contributed by atoms with Gasteiger partial charge in [-0.3, -0.25) is 4.79 Å². The Kier molecular flexibility index (Phi) is 14.5. The smallest absolute Gasteiger partial charge is 0.677 e.